The van der Waals surface area contributed by atoms with Crippen LogP contribution in [-0.2, 0) is 0 Å². The van der Waals surface area contributed by atoms with Crippen LogP contribution in [0.5, 0.6) is 0 Å². The zero-order chi connectivity index (χ0) is 20.4. The van der Waals surface area contributed by atoms with Crippen LogP contribution in [0.2, 0.25) is 0 Å². The number of anilines is 1. The molecular weight excluding hydrogens is 378 g/mol. The first kappa shape index (κ1) is 16.7. The summed E-state index contributed by atoms with van der Waals surface area (Å²) in [6.07, 6.45) is -0.0618. The van der Waals surface area contributed by atoms with Gasteiger partial charge in [-0.1, -0.05) is 72.8 Å². The first-order chi connectivity index (χ1) is 15.4. The molecule has 146 valence electrons. The molecule has 1 N–H and O–H groups in total. The van der Waals surface area contributed by atoms with E-state index in [4.69, 9.17) is 4.98 Å². The van der Waals surface area contributed by atoms with Crippen LogP contribution in [-0.4, -0.2) is 9.55 Å². The second-order valence-electron chi connectivity index (χ2n) is 8.12. The van der Waals surface area contributed by atoms with E-state index in [9.17, 15) is 0 Å². The SMILES string of the molecule is c1ccc2c(c1)NC(c1c3ccccc3cc3ccccc13)n1c-2nc2ccccc21. The number of rotatable bonds is 1. The number of benzene rings is 5. The van der Waals surface area contributed by atoms with Crippen molar-refractivity contribution in [1.29, 1.82) is 0 Å². The molecule has 5 aromatic carbocycles. The van der Waals surface area contributed by atoms with E-state index >= 15 is 0 Å². The zero-order valence-corrected chi connectivity index (χ0v) is 16.8. The number of para-hydroxylation sites is 3. The molecule has 0 radical (unpaired) electrons. The standard InChI is InChI=1S/C28H19N3/c1-3-11-20-18(9-1)17-19-10-2-4-12-21(19)26(20)28-29-23-14-6-5-13-22(23)27-30-24-15-7-8-16-25(24)31(27)28/h1-17,28-29H. The lowest BCUT2D eigenvalue weighted by atomic mass is 9.93. The Balaban J connectivity index is 1.64. The van der Waals surface area contributed by atoms with Gasteiger partial charge >= 0.3 is 0 Å². The molecule has 3 heteroatoms. The van der Waals surface area contributed by atoms with E-state index < -0.39 is 0 Å². The molecule has 0 spiro atoms. The zero-order valence-electron chi connectivity index (χ0n) is 16.8. The Morgan fingerprint density at radius 2 is 1.32 bits per heavy atom. The molecule has 0 fully saturated rings. The van der Waals surface area contributed by atoms with Gasteiger partial charge in [0.25, 0.3) is 0 Å². The molecule has 1 unspecified atom stereocenters. The summed E-state index contributed by atoms with van der Waals surface area (Å²) in [6.45, 7) is 0. The molecule has 0 saturated heterocycles. The second kappa shape index (κ2) is 6.19. The van der Waals surface area contributed by atoms with Gasteiger partial charge in [-0.3, -0.25) is 4.57 Å². The summed E-state index contributed by atoms with van der Waals surface area (Å²) < 4.78 is 2.37. The molecule has 0 amide bonds. The van der Waals surface area contributed by atoms with E-state index in [0.29, 0.717) is 0 Å². The third-order valence-corrected chi connectivity index (χ3v) is 6.40. The van der Waals surface area contributed by atoms with Crippen molar-refractivity contribution < 1.29 is 0 Å². The van der Waals surface area contributed by atoms with Crippen molar-refractivity contribution in [2.24, 2.45) is 0 Å². The van der Waals surface area contributed by atoms with E-state index in [1.54, 1.807) is 0 Å². The number of fused-ring (bicyclic) bond motifs is 7. The Morgan fingerprint density at radius 3 is 2.13 bits per heavy atom. The number of nitrogens with one attached hydrogen (secondary N) is 1. The third-order valence-electron chi connectivity index (χ3n) is 6.40. The number of nitrogens with zero attached hydrogens (tertiary/aromatic N) is 2. The smallest absolute Gasteiger partial charge is 0.145 e. The average Bonchev–Trinajstić information content (AvgIpc) is 3.22. The van der Waals surface area contributed by atoms with Crippen LogP contribution in [0.25, 0.3) is 44.0 Å². The molecule has 31 heavy (non-hydrogen) atoms. The highest BCUT2D eigenvalue weighted by atomic mass is 15.2. The van der Waals surface area contributed by atoms with Gasteiger partial charge in [0.1, 0.15) is 12.0 Å². The van der Waals surface area contributed by atoms with Gasteiger partial charge in [0, 0.05) is 16.8 Å². The molecular formula is C28H19N3. The Kier molecular flexibility index (Phi) is 3.33. The molecule has 0 bridgehead atoms. The summed E-state index contributed by atoms with van der Waals surface area (Å²) in [4.78, 5) is 5.05. The molecule has 6 aromatic rings. The molecule has 7 rings (SSSR count). The normalized spacial score (nSPS) is 15.0. The Bertz CT molecular complexity index is 1570. The molecule has 0 saturated carbocycles. The van der Waals surface area contributed by atoms with Crippen LogP contribution in [0.4, 0.5) is 5.69 Å². The summed E-state index contributed by atoms with van der Waals surface area (Å²) in [6, 6.07) is 36.5. The lowest BCUT2D eigenvalue weighted by Crippen LogP contribution is -2.25. The molecule has 2 heterocycles. The second-order valence-corrected chi connectivity index (χ2v) is 8.12. The molecule has 0 aliphatic carbocycles. The van der Waals surface area contributed by atoms with Crippen molar-refractivity contribution >= 4 is 38.3 Å². The van der Waals surface area contributed by atoms with Crippen LogP contribution in [0.1, 0.15) is 11.7 Å². The summed E-state index contributed by atoms with van der Waals surface area (Å²) in [5, 5.41) is 8.89. The number of aromatic nitrogens is 2. The summed E-state index contributed by atoms with van der Waals surface area (Å²) in [7, 11) is 0. The number of hydrogen-bond acceptors (Lipinski definition) is 2. The van der Waals surface area contributed by atoms with Crippen molar-refractivity contribution in [3.05, 3.63) is 109 Å². The van der Waals surface area contributed by atoms with Gasteiger partial charge in [-0.05, 0) is 51.9 Å². The number of imidazole rings is 1. The first-order valence-corrected chi connectivity index (χ1v) is 10.6. The fourth-order valence-corrected chi connectivity index (χ4v) is 5.06. The van der Waals surface area contributed by atoms with Gasteiger partial charge in [0.15, 0.2) is 0 Å². The lowest BCUT2D eigenvalue weighted by molar-refractivity contribution is 0.678. The maximum Gasteiger partial charge on any atom is 0.145 e. The molecule has 1 aliphatic heterocycles. The highest BCUT2D eigenvalue weighted by molar-refractivity contribution is 6.03. The van der Waals surface area contributed by atoms with Crippen LogP contribution in [0.15, 0.2) is 103 Å². The Labute approximate surface area is 179 Å². The van der Waals surface area contributed by atoms with Gasteiger partial charge in [-0.15, -0.1) is 0 Å². The van der Waals surface area contributed by atoms with Crippen molar-refractivity contribution in [3.8, 4) is 11.4 Å². The largest absolute Gasteiger partial charge is 0.360 e. The van der Waals surface area contributed by atoms with E-state index in [-0.39, 0.29) is 6.17 Å². The van der Waals surface area contributed by atoms with E-state index in [2.05, 4.69) is 113 Å². The van der Waals surface area contributed by atoms with Crippen LogP contribution < -0.4 is 5.32 Å². The van der Waals surface area contributed by atoms with Gasteiger partial charge in [0.2, 0.25) is 0 Å². The topological polar surface area (TPSA) is 29.9 Å². The molecule has 1 aromatic heterocycles. The summed E-state index contributed by atoms with van der Waals surface area (Å²) in [5.74, 6) is 1.01. The minimum Gasteiger partial charge on any atom is -0.360 e. The Hall–Kier alpha value is -4.11. The van der Waals surface area contributed by atoms with Gasteiger partial charge in [-0.25, -0.2) is 4.98 Å². The molecule has 3 nitrogen and oxygen atoms in total. The third kappa shape index (κ3) is 2.32. The average molecular weight is 397 g/mol. The van der Waals surface area contributed by atoms with Crippen LogP contribution in [0, 0.1) is 0 Å². The summed E-state index contributed by atoms with van der Waals surface area (Å²) >= 11 is 0. The maximum atomic E-state index is 5.05. The lowest BCUT2D eigenvalue weighted by Gasteiger charge is -2.32. The van der Waals surface area contributed by atoms with Crippen LogP contribution >= 0.6 is 0 Å². The maximum absolute atomic E-state index is 5.05. The molecule has 1 aliphatic rings. The predicted octanol–water partition coefficient (Wildman–Crippen LogP) is 6.98. The predicted molar refractivity (Wildman–Crippen MR) is 128 cm³/mol. The van der Waals surface area contributed by atoms with Crippen molar-refractivity contribution in [2.45, 2.75) is 6.17 Å². The van der Waals surface area contributed by atoms with Crippen molar-refractivity contribution in [2.75, 3.05) is 5.32 Å². The minimum absolute atomic E-state index is 0.0618. The van der Waals surface area contributed by atoms with E-state index in [0.717, 1.165) is 28.1 Å². The van der Waals surface area contributed by atoms with E-state index in [1.165, 1.54) is 27.1 Å². The molecule has 1 atom stereocenters. The van der Waals surface area contributed by atoms with Crippen molar-refractivity contribution in [3.63, 3.8) is 0 Å². The first-order valence-electron chi connectivity index (χ1n) is 10.6. The van der Waals surface area contributed by atoms with Gasteiger partial charge < -0.3 is 5.32 Å². The van der Waals surface area contributed by atoms with Gasteiger partial charge in [0.05, 0.1) is 11.0 Å². The fourth-order valence-electron chi connectivity index (χ4n) is 5.06. The van der Waals surface area contributed by atoms with E-state index in [1.807, 2.05) is 0 Å². The monoisotopic (exact) mass is 397 g/mol. The summed E-state index contributed by atoms with van der Waals surface area (Å²) in [5.41, 5.74) is 5.70. The van der Waals surface area contributed by atoms with Crippen LogP contribution in [0.3, 0.4) is 0 Å². The minimum atomic E-state index is -0.0618. The highest BCUT2D eigenvalue weighted by Gasteiger charge is 2.30. The quantitative estimate of drug-likeness (QED) is 0.303. The Morgan fingerprint density at radius 1 is 0.677 bits per heavy atom. The fraction of sp³-hybridized carbons (Fsp3) is 0.0357. The van der Waals surface area contributed by atoms with Gasteiger partial charge in [-0.2, -0.15) is 0 Å². The highest BCUT2D eigenvalue weighted by Crippen LogP contribution is 2.44. The number of hydrogen-bond donors (Lipinski definition) is 1. The van der Waals surface area contributed by atoms with Crippen molar-refractivity contribution in [1.82, 2.24) is 9.55 Å².